The molecular formula is C23H20N4O2S. The monoisotopic (exact) mass is 416 g/mol. The van der Waals surface area contributed by atoms with Crippen LogP contribution in [0.5, 0.6) is 5.75 Å². The third-order valence-corrected chi connectivity index (χ3v) is 5.14. The zero-order valence-corrected chi connectivity index (χ0v) is 17.2. The molecule has 0 saturated carbocycles. The van der Waals surface area contributed by atoms with Gasteiger partial charge < -0.3 is 10.1 Å². The number of thioether (sulfide) groups is 1. The molecule has 1 aromatic heterocycles. The quantitative estimate of drug-likeness (QED) is 0.443. The van der Waals surface area contributed by atoms with E-state index in [0.29, 0.717) is 16.6 Å². The number of nitrogens with one attached hydrogen (secondary N) is 1. The topological polar surface area (TPSA) is 69.0 Å². The number of para-hydroxylation sites is 1. The molecule has 1 amide bonds. The number of ether oxygens (including phenoxy) is 1. The molecule has 3 aromatic carbocycles. The van der Waals surface area contributed by atoms with Crippen LogP contribution in [0, 0.1) is 0 Å². The summed E-state index contributed by atoms with van der Waals surface area (Å²) in [5, 5.41) is 8.04. The van der Waals surface area contributed by atoms with E-state index in [2.05, 4.69) is 15.4 Å². The normalized spacial score (nSPS) is 10.6. The summed E-state index contributed by atoms with van der Waals surface area (Å²) in [6.07, 6.45) is 0. The molecule has 0 saturated heterocycles. The zero-order valence-electron chi connectivity index (χ0n) is 16.4. The minimum atomic E-state index is -0.134. The Labute approximate surface area is 178 Å². The number of benzene rings is 3. The maximum atomic E-state index is 12.4. The lowest BCUT2D eigenvalue weighted by Crippen LogP contribution is -2.14. The van der Waals surface area contributed by atoms with Gasteiger partial charge in [-0.2, -0.15) is 0 Å². The van der Waals surface area contributed by atoms with Crippen LogP contribution in [-0.4, -0.2) is 33.5 Å². The van der Waals surface area contributed by atoms with Crippen molar-refractivity contribution in [1.82, 2.24) is 14.8 Å². The molecule has 0 atom stereocenters. The molecule has 0 radical (unpaired) electrons. The van der Waals surface area contributed by atoms with E-state index >= 15 is 0 Å². The maximum Gasteiger partial charge on any atom is 0.234 e. The lowest BCUT2D eigenvalue weighted by atomic mass is 10.2. The van der Waals surface area contributed by atoms with Crippen molar-refractivity contribution in [2.24, 2.45) is 0 Å². The van der Waals surface area contributed by atoms with Crippen molar-refractivity contribution < 1.29 is 9.53 Å². The van der Waals surface area contributed by atoms with Gasteiger partial charge in [0, 0.05) is 17.3 Å². The Morgan fingerprint density at radius 3 is 2.47 bits per heavy atom. The molecule has 150 valence electrons. The minimum absolute atomic E-state index is 0.134. The first-order chi connectivity index (χ1) is 14.7. The van der Waals surface area contributed by atoms with Gasteiger partial charge in [0.25, 0.3) is 0 Å². The van der Waals surface area contributed by atoms with Gasteiger partial charge in [0.1, 0.15) is 5.75 Å². The van der Waals surface area contributed by atoms with Crippen LogP contribution in [0.2, 0.25) is 0 Å². The molecule has 4 rings (SSSR count). The van der Waals surface area contributed by atoms with Crippen molar-refractivity contribution in [2.45, 2.75) is 5.16 Å². The Kier molecular flexibility index (Phi) is 6.10. The van der Waals surface area contributed by atoms with Crippen molar-refractivity contribution in [3.05, 3.63) is 84.9 Å². The number of carbonyl (C=O) groups is 1. The fourth-order valence-corrected chi connectivity index (χ4v) is 3.53. The summed E-state index contributed by atoms with van der Waals surface area (Å²) in [6.45, 7) is 0. The van der Waals surface area contributed by atoms with Crippen molar-refractivity contribution >= 4 is 23.4 Å². The molecular weight excluding hydrogens is 396 g/mol. The van der Waals surface area contributed by atoms with Crippen molar-refractivity contribution in [2.75, 3.05) is 18.2 Å². The van der Waals surface area contributed by atoms with Crippen LogP contribution in [0.1, 0.15) is 0 Å². The van der Waals surface area contributed by atoms with Crippen LogP contribution in [0.25, 0.3) is 17.1 Å². The van der Waals surface area contributed by atoms with E-state index < -0.39 is 0 Å². The van der Waals surface area contributed by atoms with Crippen LogP contribution in [-0.2, 0) is 4.79 Å². The average Bonchev–Trinajstić information content (AvgIpc) is 3.23. The minimum Gasteiger partial charge on any atom is -0.497 e. The van der Waals surface area contributed by atoms with E-state index in [0.717, 1.165) is 17.1 Å². The predicted octanol–water partition coefficient (Wildman–Crippen LogP) is 4.67. The van der Waals surface area contributed by atoms with Gasteiger partial charge in [0.05, 0.1) is 18.6 Å². The third kappa shape index (κ3) is 4.69. The van der Waals surface area contributed by atoms with Gasteiger partial charge in [0.2, 0.25) is 11.1 Å². The number of anilines is 1. The lowest BCUT2D eigenvalue weighted by molar-refractivity contribution is -0.113. The van der Waals surface area contributed by atoms with Gasteiger partial charge in [-0.3, -0.25) is 4.79 Å². The number of hydrogen-bond donors (Lipinski definition) is 1. The highest BCUT2D eigenvalue weighted by Gasteiger charge is 2.15. The lowest BCUT2D eigenvalue weighted by Gasteiger charge is -2.06. The van der Waals surface area contributed by atoms with E-state index in [9.17, 15) is 4.79 Å². The van der Waals surface area contributed by atoms with Gasteiger partial charge in [-0.25, -0.2) is 9.67 Å². The summed E-state index contributed by atoms with van der Waals surface area (Å²) in [5.41, 5.74) is 2.56. The van der Waals surface area contributed by atoms with Gasteiger partial charge >= 0.3 is 0 Å². The highest BCUT2D eigenvalue weighted by molar-refractivity contribution is 7.99. The highest BCUT2D eigenvalue weighted by atomic mass is 32.2. The summed E-state index contributed by atoms with van der Waals surface area (Å²) < 4.78 is 6.99. The van der Waals surface area contributed by atoms with E-state index in [1.54, 1.807) is 17.9 Å². The number of rotatable bonds is 7. The number of aromatic nitrogens is 3. The van der Waals surface area contributed by atoms with E-state index in [-0.39, 0.29) is 11.7 Å². The number of amides is 1. The summed E-state index contributed by atoms with van der Waals surface area (Å²) in [6, 6.07) is 27.0. The fraction of sp³-hybridized carbons (Fsp3) is 0.0870. The van der Waals surface area contributed by atoms with E-state index in [1.807, 2.05) is 78.9 Å². The van der Waals surface area contributed by atoms with Crippen molar-refractivity contribution in [3.63, 3.8) is 0 Å². The third-order valence-electron chi connectivity index (χ3n) is 4.31. The largest absolute Gasteiger partial charge is 0.497 e. The Balaban J connectivity index is 1.52. The molecule has 0 aliphatic carbocycles. The number of nitrogens with zero attached hydrogens (tertiary/aromatic N) is 3. The molecule has 1 N–H and O–H groups in total. The molecule has 6 nitrogen and oxygen atoms in total. The summed E-state index contributed by atoms with van der Waals surface area (Å²) >= 11 is 1.30. The summed E-state index contributed by atoms with van der Waals surface area (Å²) in [4.78, 5) is 17.1. The second-order valence-electron chi connectivity index (χ2n) is 6.40. The van der Waals surface area contributed by atoms with Gasteiger partial charge in [-0.15, -0.1) is 5.10 Å². The number of carbonyl (C=O) groups excluding carboxylic acids is 1. The standard InChI is InChI=1S/C23H20N4O2S/c1-29-20-14-8-11-18(15-20)24-21(28)16-30-23-25-22(17-9-4-2-5-10-17)27(26-23)19-12-6-3-7-13-19/h2-15H,16H2,1H3,(H,24,28). The van der Waals surface area contributed by atoms with Crippen LogP contribution in [0.3, 0.4) is 0 Å². The second kappa shape index (κ2) is 9.28. The van der Waals surface area contributed by atoms with Crippen molar-refractivity contribution in [1.29, 1.82) is 0 Å². The Morgan fingerprint density at radius 1 is 1.00 bits per heavy atom. The summed E-state index contributed by atoms with van der Waals surface area (Å²) in [5.74, 6) is 1.49. The SMILES string of the molecule is COc1cccc(NC(=O)CSc2nc(-c3ccccc3)n(-c3ccccc3)n2)c1. The molecule has 30 heavy (non-hydrogen) atoms. The Morgan fingerprint density at radius 2 is 1.73 bits per heavy atom. The molecule has 0 aliphatic rings. The predicted molar refractivity (Wildman–Crippen MR) is 119 cm³/mol. The molecule has 0 bridgehead atoms. The average molecular weight is 417 g/mol. The first-order valence-corrected chi connectivity index (χ1v) is 10.4. The molecule has 0 aliphatic heterocycles. The van der Waals surface area contributed by atoms with Gasteiger partial charge in [0.15, 0.2) is 5.82 Å². The summed E-state index contributed by atoms with van der Waals surface area (Å²) in [7, 11) is 1.59. The molecule has 0 spiro atoms. The van der Waals surface area contributed by atoms with E-state index in [4.69, 9.17) is 4.74 Å². The molecule has 4 aromatic rings. The van der Waals surface area contributed by atoms with E-state index in [1.165, 1.54) is 11.8 Å². The molecule has 7 heteroatoms. The van der Waals surface area contributed by atoms with Crippen LogP contribution >= 0.6 is 11.8 Å². The number of methoxy groups -OCH3 is 1. The fourth-order valence-electron chi connectivity index (χ4n) is 2.91. The maximum absolute atomic E-state index is 12.4. The van der Waals surface area contributed by atoms with Gasteiger partial charge in [-0.1, -0.05) is 66.4 Å². The Bertz CT molecular complexity index is 1070. The van der Waals surface area contributed by atoms with Crippen molar-refractivity contribution in [3.8, 4) is 22.8 Å². The van der Waals surface area contributed by atoms with Crippen LogP contribution < -0.4 is 10.1 Å². The number of hydrogen-bond acceptors (Lipinski definition) is 5. The molecule has 0 unspecified atom stereocenters. The first kappa shape index (κ1) is 19.7. The van der Waals surface area contributed by atoms with Crippen LogP contribution in [0.4, 0.5) is 5.69 Å². The van der Waals surface area contributed by atoms with Crippen LogP contribution in [0.15, 0.2) is 90.1 Å². The second-order valence-corrected chi connectivity index (χ2v) is 7.34. The molecule has 0 fully saturated rings. The zero-order chi connectivity index (χ0) is 20.8. The van der Waals surface area contributed by atoms with Gasteiger partial charge in [-0.05, 0) is 24.3 Å². The smallest absolute Gasteiger partial charge is 0.234 e. The first-order valence-electron chi connectivity index (χ1n) is 9.37. The molecule has 1 heterocycles. The Hall–Kier alpha value is -3.58. The highest BCUT2D eigenvalue weighted by Crippen LogP contribution is 2.25.